The second-order valence-corrected chi connectivity index (χ2v) is 6.66. The fourth-order valence-corrected chi connectivity index (χ4v) is 2.95. The molecule has 0 radical (unpaired) electrons. The number of para-hydroxylation sites is 1. The molecule has 4 N–H and O–H groups in total. The zero-order chi connectivity index (χ0) is 19.4. The highest BCUT2D eigenvalue weighted by molar-refractivity contribution is 7.80. The molecule has 138 valence electrons. The molecule has 8 heteroatoms. The number of aliphatic imine (C=N–C) groups is 1. The highest BCUT2D eigenvalue weighted by Crippen LogP contribution is 2.21. The maximum atomic E-state index is 6.09. The van der Waals surface area contributed by atoms with Crippen LogP contribution >= 0.6 is 23.8 Å². The smallest absolute Gasteiger partial charge is 0.230 e. The fraction of sp³-hybridized carbons (Fsp3) is 0.158. The molecule has 0 saturated carbocycles. The van der Waals surface area contributed by atoms with Crippen molar-refractivity contribution < 1.29 is 0 Å². The van der Waals surface area contributed by atoms with Gasteiger partial charge in [-0.3, -0.25) is 5.32 Å². The number of fused-ring (bicyclic) bond motifs is 1. The van der Waals surface area contributed by atoms with E-state index in [0.717, 1.165) is 23.0 Å². The number of nitrogens with zero attached hydrogens (tertiary/aromatic N) is 3. The third kappa shape index (κ3) is 4.69. The van der Waals surface area contributed by atoms with Gasteiger partial charge in [-0.2, -0.15) is 4.99 Å². The minimum Gasteiger partial charge on any atom is -0.369 e. The minimum atomic E-state index is 0.0866. The van der Waals surface area contributed by atoms with Crippen LogP contribution in [0.5, 0.6) is 0 Å². The first kappa shape index (κ1) is 19.0. The highest BCUT2D eigenvalue weighted by atomic mass is 35.5. The lowest BCUT2D eigenvalue weighted by molar-refractivity contribution is 1.12. The lowest BCUT2D eigenvalue weighted by Crippen LogP contribution is -2.26. The molecule has 0 amide bonds. The summed E-state index contributed by atoms with van der Waals surface area (Å²) in [4.78, 5) is 13.1. The van der Waals surface area contributed by atoms with E-state index in [1.165, 1.54) is 5.56 Å². The Morgan fingerprint density at radius 2 is 1.96 bits per heavy atom. The van der Waals surface area contributed by atoms with E-state index in [4.69, 9.17) is 29.6 Å². The van der Waals surface area contributed by atoms with Crippen LogP contribution < -0.4 is 16.4 Å². The van der Waals surface area contributed by atoms with E-state index in [1.54, 1.807) is 12.1 Å². The normalized spacial score (nSPS) is 11.4. The third-order valence-corrected chi connectivity index (χ3v) is 4.46. The molecule has 0 saturated heterocycles. The van der Waals surface area contributed by atoms with Gasteiger partial charge >= 0.3 is 0 Å². The van der Waals surface area contributed by atoms with Gasteiger partial charge in [-0.15, -0.1) is 0 Å². The lowest BCUT2D eigenvalue weighted by Gasteiger charge is -2.09. The average molecular weight is 399 g/mol. The molecule has 0 bridgehead atoms. The van der Waals surface area contributed by atoms with Crippen LogP contribution in [0, 0.1) is 6.92 Å². The number of anilines is 2. The van der Waals surface area contributed by atoms with Crippen molar-refractivity contribution in [2.45, 2.75) is 20.3 Å². The van der Waals surface area contributed by atoms with Crippen molar-refractivity contribution in [1.29, 1.82) is 0 Å². The molecule has 1 aromatic heterocycles. The van der Waals surface area contributed by atoms with Crippen LogP contribution in [-0.4, -0.2) is 21.0 Å². The molecule has 0 aliphatic carbocycles. The number of hydrogen-bond donors (Lipinski definition) is 3. The van der Waals surface area contributed by atoms with Gasteiger partial charge in [0.1, 0.15) is 0 Å². The Labute approximate surface area is 167 Å². The number of aryl methyl sites for hydroxylation is 2. The topological polar surface area (TPSA) is 88.2 Å². The summed E-state index contributed by atoms with van der Waals surface area (Å²) in [5.41, 5.74) is 9.54. The first-order valence-electron chi connectivity index (χ1n) is 8.40. The van der Waals surface area contributed by atoms with Gasteiger partial charge in [-0.1, -0.05) is 36.7 Å². The molecule has 0 aliphatic rings. The third-order valence-electron chi connectivity index (χ3n) is 3.94. The largest absolute Gasteiger partial charge is 0.369 e. The molecule has 6 nitrogen and oxygen atoms in total. The van der Waals surface area contributed by atoms with Crippen LogP contribution in [0.25, 0.3) is 10.9 Å². The zero-order valence-electron chi connectivity index (χ0n) is 15.0. The number of thiocarbonyl (C=S) groups is 1. The monoisotopic (exact) mass is 398 g/mol. The van der Waals surface area contributed by atoms with Gasteiger partial charge in [0.15, 0.2) is 0 Å². The number of nitrogens with two attached hydrogens (primary N) is 1. The number of benzene rings is 2. The average Bonchev–Trinajstić information content (AvgIpc) is 2.63. The Bertz CT molecular complexity index is 1030. The van der Waals surface area contributed by atoms with Gasteiger partial charge in [0.05, 0.1) is 21.9 Å². The summed E-state index contributed by atoms with van der Waals surface area (Å²) in [7, 11) is 0. The van der Waals surface area contributed by atoms with Gasteiger partial charge in [0, 0.05) is 5.39 Å². The Kier molecular flexibility index (Phi) is 5.83. The van der Waals surface area contributed by atoms with Crippen molar-refractivity contribution in [2.24, 2.45) is 10.7 Å². The van der Waals surface area contributed by atoms with Crippen molar-refractivity contribution in [2.75, 3.05) is 10.6 Å². The molecule has 0 aliphatic heterocycles. The Morgan fingerprint density at radius 1 is 1.19 bits per heavy atom. The number of guanidine groups is 1. The van der Waals surface area contributed by atoms with Gasteiger partial charge in [-0.05, 0) is 55.4 Å². The molecule has 1 heterocycles. The first-order chi connectivity index (χ1) is 13.0. The summed E-state index contributed by atoms with van der Waals surface area (Å²) in [6.45, 7) is 4.05. The molecule has 0 atom stereocenters. The highest BCUT2D eigenvalue weighted by Gasteiger charge is 2.07. The van der Waals surface area contributed by atoms with Gasteiger partial charge in [0.25, 0.3) is 0 Å². The molecule has 0 spiro atoms. The Balaban J connectivity index is 1.76. The van der Waals surface area contributed by atoms with Crippen molar-refractivity contribution in [3.8, 4) is 0 Å². The zero-order valence-corrected chi connectivity index (χ0v) is 16.5. The van der Waals surface area contributed by atoms with Gasteiger partial charge < -0.3 is 11.1 Å². The van der Waals surface area contributed by atoms with Crippen molar-refractivity contribution in [3.63, 3.8) is 0 Å². The van der Waals surface area contributed by atoms with E-state index in [0.29, 0.717) is 16.7 Å². The van der Waals surface area contributed by atoms with E-state index in [1.807, 2.05) is 25.1 Å². The number of nitrogens with one attached hydrogen (secondary N) is 2. The van der Waals surface area contributed by atoms with E-state index in [2.05, 4.69) is 44.7 Å². The molecule has 27 heavy (non-hydrogen) atoms. The second-order valence-electron chi connectivity index (χ2n) is 5.87. The number of aromatic nitrogens is 2. The van der Waals surface area contributed by atoms with Gasteiger partial charge in [0.2, 0.25) is 17.0 Å². The summed E-state index contributed by atoms with van der Waals surface area (Å²) in [6.07, 6.45) is 0.963. The van der Waals surface area contributed by atoms with Crippen LogP contribution in [0.4, 0.5) is 11.6 Å². The van der Waals surface area contributed by atoms with Crippen LogP contribution in [0.15, 0.2) is 47.5 Å². The predicted octanol–water partition coefficient (Wildman–Crippen LogP) is 4.28. The van der Waals surface area contributed by atoms with E-state index in [9.17, 15) is 0 Å². The first-order valence-corrected chi connectivity index (χ1v) is 9.19. The Hall–Kier alpha value is -2.77. The molecular formula is C19H19ClN6S. The number of hydrogen-bond acceptors (Lipinski definition) is 3. The van der Waals surface area contributed by atoms with Crippen molar-refractivity contribution in [1.82, 2.24) is 9.97 Å². The van der Waals surface area contributed by atoms with Crippen LogP contribution in [0.2, 0.25) is 5.02 Å². The number of rotatable bonds is 3. The van der Waals surface area contributed by atoms with Crippen LogP contribution in [0.3, 0.4) is 0 Å². The maximum absolute atomic E-state index is 6.09. The standard InChI is InChI=1S/C19H19ClN6S/c1-3-12-8-9-15-13(10-12)11(2)22-18(23-15)25-17(21)26-19(27)24-16-7-5-4-6-14(16)20/h4-10H,3H2,1-2H3,(H4,21,22,23,24,25,26,27). The predicted molar refractivity (Wildman–Crippen MR) is 117 cm³/mol. The molecular weight excluding hydrogens is 380 g/mol. The van der Waals surface area contributed by atoms with Crippen molar-refractivity contribution >= 4 is 57.4 Å². The van der Waals surface area contributed by atoms with E-state index in [-0.39, 0.29) is 11.1 Å². The second kappa shape index (κ2) is 8.28. The molecule has 3 aromatic rings. The summed E-state index contributed by atoms with van der Waals surface area (Å²) in [6, 6.07) is 13.4. The SMILES string of the molecule is CCc1ccc2nc(NC(N)=NC(=S)Nc3ccccc3Cl)nc(C)c2c1. The molecule has 2 aromatic carbocycles. The summed E-state index contributed by atoms with van der Waals surface area (Å²) < 4.78 is 0. The minimum absolute atomic E-state index is 0.0866. The quantitative estimate of drug-likeness (QED) is 0.346. The summed E-state index contributed by atoms with van der Waals surface area (Å²) >= 11 is 11.3. The fourth-order valence-electron chi connectivity index (χ4n) is 2.56. The maximum Gasteiger partial charge on any atom is 0.230 e. The Morgan fingerprint density at radius 3 is 2.70 bits per heavy atom. The van der Waals surface area contributed by atoms with E-state index >= 15 is 0 Å². The van der Waals surface area contributed by atoms with Crippen LogP contribution in [-0.2, 0) is 6.42 Å². The van der Waals surface area contributed by atoms with Gasteiger partial charge in [-0.25, -0.2) is 9.97 Å². The molecule has 3 rings (SSSR count). The lowest BCUT2D eigenvalue weighted by atomic mass is 10.1. The van der Waals surface area contributed by atoms with Crippen LogP contribution in [0.1, 0.15) is 18.2 Å². The van der Waals surface area contributed by atoms with Crippen molar-refractivity contribution in [3.05, 3.63) is 58.7 Å². The number of halogens is 1. The van der Waals surface area contributed by atoms with E-state index < -0.39 is 0 Å². The molecule has 0 fully saturated rings. The summed E-state index contributed by atoms with van der Waals surface area (Å²) in [5, 5.41) is 7.55. The molecule has 0 unspecified atom stereocenters. The summed E-state index contributed by atoms with van der Waals surface area (Å²) in [5.74, 6) is 0.453.